The highest BCUT2D eigenvalue weighted by atomic mass is 16.3. The Hall–Kier alpha value is -0.0800. The minimum absolute atomic E-state index is 0.209. The van der Waals surface area contributed by atoms with Crippen molar-refractivity contribution in [2.24, 2.45) is 0 Å². The summed E-state index contributed by atoms with van der Waals surface area (Å²) in [6, 6.07) is 0. The van der Waals surface area contributed by atoms with Crippen LogP contribution in [0, 0.1) is 0 Å². The van der Waals surface area contributed by atoms with Gasteiger partial charge in [-0.25, -0.2) is 0 Å². The Kier molecular flexibility index (Phi) is 10.9. The molecule has 1 unspecified atom stereocenters. The molecule has 0 aromatic carbocycles. The van der Waals surface area contributed by atoms with Gasteiger partial charge < -0.3 is 10.4 Å². The molecule has 0 heterocycles. The van der Waals surface area contributed by atoms with Gasteiger partial charge in [-0.1, -0.05) is 45.4 Å². The quantitative estimate of drug-likeness (QED) is 0.533. The number of hydrogen-bond donors (Lipinski definition) is 2. The lowest BCUT2D eigenvalue weighted by molar-refractivity contribution is 0.191. The van der Waals surface area contributed by atoms with Gasteiger partial charge in [-0.3, -0.25) is 0 Å². The van der Waals surface area contributed by atoms with Crippen molar-refractivity contribution >= 4 is 0 Å². The van der Waals surface area contributed by atoms with E-state index in [1.165, 1.54) is 44.9 Å². The fourth-order valence-electron chi connectivity index (χ4n) is 1.52. The third kappa shape index (κ3) is 11.9. The van der Waals surface area contributed by atoms with E-state index < -0.39 is 0 Å². The van der Waals surface area contributed by atoms with E-state index in [9.17, 15) is 0 Å². The van der Waals surface area contributed by atoms with Crippen LogP contribution in [0.2, 0.25) is 0 Å². The normalized spacial score (nSPS) is 13.1. The molecule has 0 aromatic heterocycles. The zero-order valence-corrected chi connectivity index (χ0v) is 9.89. The molecular formula is C12H27NO. The van der Waals surface area contributed by atoms with Gasteiger partial charge in [-0.2, -0.15) is 0 Å². The molecule has 0 amide bonds. The maximum Gasteiger partial charge on any atom is 0.0636 e. The summed E-state index contributed by atoms with van der Waals surface area (Å²) in [5, 5.41) is 12.2. The van der Waals surface area contributed by atoms with Crippen LogP contribution in [0.25, 0.3) is 0 Å². The van der Waals surface area contributed by atoms with Crippen molar-refractivity contribution in [1.82, 2.24) is 5.32 Å². The van der Waals surface area contributed by atoms with Crippen LogP contribution in [-0.2, 0) is 0 Å². The molecule has 0 radical (unpaired) electrons. The average molecular weight is 201 g/mol. The molecule has 0 aliphatic heterocycles. The molecule has 0 bridgehead atoms. The lowest BCUT2D eigenvalue weighted by atomic mass is 10.1. The summed E-state index contributed by atoms with van der Waals surface area (Å²) >= 11 is 0. The monoisotopic (exact) mass is 201 g/mol. The second kappa shape index (κ2) is 11.0. The lowest BCUT2D eigenvalue weighted by Gasteiger charge is -2.06. The molecule has 86 valence electrons. The highest BCUT2D eigenvalue weighted by molar-refractivity contribution is 4.53. The van der Waals surface area contributed by atoms with Crippen molar-refractivity contribution in [3.8, 4) is 0 Å². The lowest BCUT2D eigenvalue weighted by Crippen LogP contribution is -2.25. The van der Waals surface area contributed by atoms with Crippen molar-refractivity contribution < 1.29 is 5.11 Å². The van der Waals surface area contributed by atoms with Crippen LogP contribution in [0.15, 0.2) is 0 Å². The van der Waals surface area contributed by atoms with E-state index in [0.717, 1.165) is 13.1 Å². The van der Waals surface area contributed by atoms with Gasteiger partial charge in [-0.05, 0) is 19.9 Å². The van der Waals surface area contributed by atoms with Crippen LogP contribution in [0.4, 0.5) is 0 Å². The van der Waals surface area contributed by atoms with Crippen LogP contribution in [0.3, 0.4) is 0 Å². The summed E-state index contributed by atoms with van der Waals surface area (Å²) in [6.07, 6.45) is 9.25. The van der Waals surface area contributed by atoms with Gasteiger partial charge in [0, 0.05) is 6.54 Å². The van der Waals surface area contributed by atoms with Gasteiger partial charge in [0.1, 0.15) is 0 Å². The van der Waals surface area contributed by atoms with Crippen molar-refractivity contribution in [1.29, 1.82) is 0 Å². The Morgan fingerprint density at radius 2 is 1.57 bits per heavy atom. The van der Waals surface area contributed by atoms with E-state index in [-0.39, 0.29) is 6.10 Å². The second-order valence-electron chi connectivity index (χ2n) is 4.17. The molecule has 0 aromatic rings. The molecule has 0 fully saturated rings. The van der Waals surface area contributed by atoms with E-state index in [1.54, 1.807) is 0 Å². The number of hydrogen-bond acceptors (Lipinski definition) is 2. The molecule has 0 saturated heterocycles. The summed E-state index contributed by atoms with van der Waals surface area (Å²) in [6.45, 7) is 5.85. The molecule has 2 N–H and O–H groups in total. The van der Waals surface area contributed by atoms with Crippen LogP contribution in [0.1, 0.15) is 58.8 Å². The van der Waals surface area contributed by atoms with E-state index >= 15 is 0 Å². The van der Waals surface area contributed by atoms with Gasteiger partial charge >= 0.3 is 0 Å². The minimum Gasteiger partial charge on any atom is -0.392 e. The molecule has 14 heavy (non-hydrogen) atoms. The number of rotatable bonds is 10. The Morgan fingerprint density at radius 3 is 2.14 bits per heavy atom. The minimum atomic E-state index is -0.209. The van der Waals surface area contributed by atoms with E-state index in [0.29, 0.717) is 0 Å². The maximum absolute atomic E-state index is 8.99. The zero-order valence-electron chi connectivity index (χ0n) is 9.89. The van der Waals surface area contributed by atoms with Gasteiger partial charge in [0.2, 0.25) is 0 Å². The number of unbranched alkanes of at least 4 members (excludes halogenated alkanes) is 6. The van der Waals surface area contributed by atoms with Gasteiger partial charge in [-0.15, -0.1) is 0 Å². The summed E-state index contributed by atoms with van der Waals surface area (Å²) in [7, 11) is 0. The number of nitrogens with one attached hydrogen (secondary N) is 1. The van der Waals surface area contributed by atoms with Gasteiger partial charge in [0.05, 0.1) is 6.10 Å². The Balaban J connectivity index is 2.85. The van der Waals surface area contributed by atoms with Crippen LogP contribution < -0.4 is 5.32 Å². The summed E-state index contributed by atoms with van der Waals surface area (Å²) in [4.78, 5) is 0. The summed E-state index contributed by atoms with van der Waals surface area (Å²) < 4.78 is 0. The number of aliphatic hydroxyl groups excluding tert-OH is 1. The van der Waals surface area contributed by atoms with Crippen LogP contribution in [0.5, 0.6) is 0 Å². The molecule has 2 heteroatoms. The third-order valence-corrected chi connectivity index (χ3v) is 2.40. The molecule has 0 aliphatic carbocycles. The van der Waals surface area contributed by atoms with Crippen molar-refractivity contribution in [3.05, 3.63) is 0 Å². The Labute approximate surface area is 89.1 Å². The maximum atomic E-state index is 8.99. The van der Waals surface area contributed by atoms with Crippen molar-refractivity contribution in [3.63, 3.8) is 0 Å². The predicted octanol–water partition coefficient (Wildman–Crippen LogP) is 2.71. The van der Waals surface area contributed by atoms with Crippen molar-refractivity contribution in [2.45, 2.75) is 64.9 Å². The second-order valence-corrected chi connectivity index (χ2v) is 4.17. The first kappa shape index (κ1) is 13.9. The molecular weight excluding hydrogens is 174 g/mol. The topological polar surface area (TPSA) is 32.3 Å². The fourth-order valence-corrected chi connectivity index (χ4v) is 1.52. The molecule has 0 rings (SSSR count). The largest absolute Gasteiger partial charge is 0.392 e. The average Bonchev–Trinajstić information content (AvgIpc) is 2.15. The third-order valence-electron chi connectivity index (χ3n) is 2.40. The smallest absolute Gasteiger partial charge is 0.0636 e. The van der Waals surface area contributed by atoms with Crippen molar-refractivity contribution in [2.75, 3.05) is 13.1 Å². The standard InChI is InChI=1S/C12H27NO/c1-3-4-5-6-7-8-9-10-13-11-12(2)14/h12-14H,3-11H2,1-2H3. The first-order valence-electron chi connectivity index (χ1n) is 6.16. The van der Waals surface area contributed by atoms with Crippen LogP contribution in [-0.4, -0.2) is 24.3 Å². The molecule has 2 nitrogen and oxygen atoms in total. The van der Waals surface area contributed by atoms with Gasteiger partial charge in [0.25, 0.3) is 0 Å². The van der Waals surface area contributed by atoms with Crippen LogP contribution >= 0.6 is 0 Å². The summed E-state index contributed by atoms with van der Waals surface area (Å²) in [5.74, 6) is 0. The molecule has 0 spiro atoms. The molecule has 1 atom stereocenters. The highest BCUT2D eigenvalue weighted by Crippen LogP contribution is 2.06. The Bertz CT molecular complexity index is 104. The molecule has 0 saturated carbocycles. The first-order valence-corrected chi connectivity index (χ1v) is 6.16. The van der Waals surface area contributed by atoms with E-state index in [2.05, 4.69) is 12.2 Å². The zero-order chi connectivity index (χ0) is 10.6. The fraction of sp³-hybridized carbons (Fsp3) is 1.00. The molecule has 0 aliphatic rings. The SMILES string of the molecule is CCCCCCCCCNCC(C)O. The van der Waals surface area contributed by atoms with Gasteiger partial charge in [0.15, 0.2) is 0 Å². The highest BCUT2D eigenvalue weighted by Gasteiger charge is 1.94. The first-order chi connectivity index (χ1) is 6.77. The van der Waals surface area contributed by atoms with E-state index in [1.807, 2.05) is 6.92 Å². The number of aliphatic hydroxyl groups is 1. The summed E-state index contributed by atoms with van der Waals surface area (Å²) in [5.41, 5.74) is 0. The predicted molar refractivity (Wildman–Crippen MR) is 62.5 cm³/mol. The Morgan fingerprint density at radius 1 is 1.00 bits per heavy atom. The van der Waals surface area contributed by atoms with E-state index in [4.69, 9.17) is 5.11 Å².